The van der Waals surface area contributed by atoms with E-state index in [1.807, 2.05) is 6.08 Å². The molecule has 0 bridgehead atoms. The molecule has 0 rings (SSSR count). The lowest BCUT2D eigenvalue weighted by atomic mass is 10.0. The summed E-state index contributed by atoms with van der Waals surface area (Å²) in [5.74, 6) is -0.203. The van der Waals surface area contributed by atoms with Gasteiger partial charge < -0.3 is 21.1 Å². The van der Waals surface area contributed by atoms with E-state index >= 15 is 0 Å². The Labute approximate surface area is 315 Å². The van der Waals surface area contributed by atoms with Crippen molar-refractivity contribution < 1.29 is 28.4 Å². The van der Waals surface area contributed by atoms with Gasteiger partial charge in [-0.2, -0.15) is 0 Å². The van der Waals surface area contributed by atoms with E-state index in [4.69, 9.17) is 14.8 Å². The number of unbranched alkanes of at least 4 members (excludes halogenated alkanes) is 26. The van der Waals surface area contributed by atoms with Crippen LogP contribution in [0, 0.1) is 0 Å². The van der Waals surface area contributed by atoms with Gasteiger partial charge in [-0.05, 0) is 32.1 Å². The molecule has 0 aliphatic carbocycles. The van der Waals surface area contributed by atoms with E-state index in [9.17, 15) is 19.4 Å². The van der Waals surface area contributed by atoms with E-state index in [1.54, 1.807) is 6.08 Å². The normalized spacial score (nSPS) is 14.4. The van der Waals surface area contributed by atoms with Crippen LogP contribution in [0.5, 0.6) is 0 Å². The summed E-state index contributed by atoms with van der Waals surface area (Å²) in [6.07, 6.45) is 43.7. The number of carbonyl (C=O) groups is 1. The summed E-state index contributed by atoms with van der Waals surface area (Å²) in [6.45, 7) is 4.12. The van der Waals surface area contributed by atoms with E-state index in [1.165, 1.54) is 148 Å². The van der Waals surface area contributed by atoms with E-state index in [0.29, 0.717) is 6.42 Å². The zero-order chi connectivity index (χ0) is 37.5. The number of hydrogen-bond acceptors (Lipinski definition) is 6. The van der Waals surface area contributed by atoms with E-state index < -0.39 is 20.0 Å². The number of aliphatic hydroxyl groups is 1. The maximum atomic E-state index is 12.7. The Morgan fingerprint density at radius 2 is 1.04 bits per heavy atom. The van der Waals surface area contributed by atoms with Crippen molar-refractivity contribution in [1.29, 1.82) is 0 Å². The summed E-state index contributed by atoms with van der Waals surface area (Å²) in [5, 5.41) is 13.6. The molecule has 0 aromatic heterocycles. The summed E-state index contributed by atoms with van der Waals surface area (Å²) in [6, 6.07) is -0.872. The fourth-order valence-corrected chi connectivity index (χ4v) is 7.03. The van der Waals surface area contributed by atoms with Crippen LogP contribution in [0.15, 0.2) is 24.3 Å². The number of nitrogens with two attached hydrogens (primary N) is 1. The maximum absolute atomic E-state index is 12.7. The third kappa shape index (κ3) is 37.1. The molecule has 1 amide bonds. The van der Waals surface area contributed by atoms with Gasteiger partial charge in [-0.15, -0.1) is 0 Å². The predicted molar refractivity (Wildman–Crippen MR) is 217 cm³/mol. The molecule has 0 radical (unpaired) electrons. The molecule has 0 aliphatic rings. The smallest absolute Gasteiger partial charge is 0.387 e. The van der Waals surface area contributed by atoms with Gasteiger partial charge in [0.05, 0.1) is 25.4 Å². The number of allylic oxidation sites excluding steroid dienone is 3. The van der Waals surface area contributed by atoms with Gasteiger partial charge in [0, 0.05) is 13.0 Å². The highest BCUT2D eigenvalue weighted by atomic mass is 31.2. The Balaban J connectivity index is 4.25. The second kappa shape index (κ2) is 38.7. The molecule has 0 saturated heterocycles. The molecule has 0 aromatic carbocycles. The van der Waals surface area contributed by atoms with Crippen LogP contribution < -0.4 is 11.1 Å². The maximum Gasteiger partial charge on any atom is 0.472 e. The molecule has 0 saturated carbocycles. The minimum atomic E-state index is -4.34. The Morgan fingerprint density at radius 1 is 0.627 bits per heavy atom. The Hall–Kier alpha value is -1.02. The summed E-state index contributed by atoms with van der Waals surface area (Å²) < 4.78 is 22.1. The largest absolute Gasteiger partial charge is 0.472 e. The van der Waals surface area contributed by atoms with Crippen molar-refractivity contribution in [1.82, 2.24) is 5.32 Å². The van der Waals surface area contributed by atoms with Crippen LogP contribution in [0.3, 0.4) is 0 Å². The lowest BCUT2D eigenvalue weighted by Gasteiger charge is -2.23. The Bertz CT molecular complexity index is 855. The molecule has 3 unspecified atom stereocenters. The van der Waals surface area contributed by atoms with Gasteiger partial charge >= 0.3 is 7.82 Å². The molecule has 0 heterocycles. The van der Waals surface area contributed by atoms with Crippen LogP contribution in [-0.2, 0) is 18.4 Å². The highest BCUT2D eigenvalue weighted by molar-refractivity contribution is 7.47. The van der Waals surface area contributed by atoms with Crippen molar-refractivity contribution in [3.63, 3.8) is 0 Å². The molecule has 9 heteroatoms. The third-order valence-corrected chi connectivity index (χ3v) is 10.5. The number of rotatable bonds is 40. The first kappa shape index (κ1) is 50.0. The van der Waals surface area contributed by atoms with Crippen molar-refractivity contribution in [3.05, 3.63) is 24.3 Å². The number of nitrogens with one attached hydrogen (secondary N) is 1. The van der Waals surface area contributed by atoms with Gasteiger partial charge in [-0.25, -0.2) is 4.57 Å². The fraction of sp³-hybridized carbons (Fsp3) is 0.881. The monoisotopic (exact) mass is 743 g/mol. The third-order valence-electron chi connectivity index (χ3n) is 9.53. The van der Waals surface area contributed by atoms with Gasteiger partial charge in [0.2, 0.25) is 5.91 Å². The molecule has 8 nitrogen and oxygen atoms in total. The van der Waals surface area contributed by atoms with Gasteiger partial charge in [0.1, 0.15) is 0 Å². The van der Waals surface area contributed by atoms with Crippen molar-refractivity contribution in [2.24, 2.45) is 5.73 Å². The minimum absolute atomic E-state index is 0.0758. The number of amides is 1. The number of phosphoric acid groups is 1. The fourth-order valence-electron chi connectivity index (χ4n) is 6.27. The molecule has 0 aromatic rings. The zero-order valence-electron chi connectivity index (χ0n) is 33.4. The van der Waals surface area contributed by atoms with Crippen molar-refractivity contribution in [2.75, 3.05) is 19.8 Å². The molecular formula is C42H83N2O6P. The topological polar surface area (TPSA) is 131 Å². The van der Waals surface area contributed by atoms with Crippen LogP contribution >= 0.6 is 7.82 Å². The highest BCUT2D eigenvalue weighted by Gasteiger charge is 2.26. The first-order valence-electron chi connectivity index (χ1n) is 21.5. The molecule has 51 heavy (non-hydrogen) atoms. The number of phosphoric ester groups is 1. The zero-order valence-corrected chi connectivity index (χ0v) is 34.2. The molecule has 0 aliphatic heterocycles. The number of hydrogen-bond donors (Lipinski definition) is 4. The molecule has 5 N–H and O–H groups in total. The van der Waals surface area contributed by atoms with Crippen molar-refractivity contribution in [2.45, 2.75) is 219 Å². The average Bonchev–Trinajstić information content (AvgIpc) is 3.12. The molecule has 0 spiro atoms. The van der Waals surface area contributed by atoms with Gasteiger partial charge in [-0.1, -0.05) is 192 Å². The number of aliphatic hydroxyl groups excluding tert-OH is 1. The van der Waals surface area contributed by atoms with Crippen LogP contribution in [0.4, 0.5) is 0 Å². The molecule has 0 fully saturated rings. The SMILES string of the molecule is CCCCCCCCCCCCCCC/C=C/CC/C=C/C(O)C(COP(=O)(O)OCCN)NC(=O)CCCCCCCCCCCCCCC. The Morgan fingerprint density at radius 3 is 1.51 bits per heavy atom. The lowest BCUT2D eigenvalue weighted by molar-refractivity contribution is -0.123. The summed E-state index contributed by atoms with van der Waals surface area (Å²) >= 11 is 0. The summed E-state index contributed by atoms with van der Waals surface area (Å²) in [4.78, 5) is 22.6. The Kier molecular flexibility index (Phi) is 37.9. The first-order valence-corrected chi connectivity index (χ1v) is 23.0. The first-order chi connectivity index (χ1) is 24.9. The molecular weight excluding hydrogens is 659 g/mol. The van der Waals surface area contributed by atoms with Crippen LogP contribution in [0.1, 0.15) is 206 Å². The second-order valence-electron chi connectivity index (χ2n) is 14.6. The van der Waals surface area contributed by atoms with Crippen LogP contribution in [0.25, 0.3) is 0 Å². The van der Waals surface area contributed by atoms with Crippen molar-refractivity contribution in [3.8, 4) is 0 Å². The number of carbonyl (C=O) groups excluding carboxylic acids is 1. The highest BCUT2D eigenvalue weighted by Crippen LogP contribution is 2.43. The van der Waals surface area contributed by atoms with E-state index in [0.717, 1.165) is 38.5 Å². The van der Waals surface area contributed by atoms with Gasteiger partial charge in [-0.3, -0.25) is 13.8 Å². The summed E-state index contributed by atoms with van der Waals surface area (Å²) in [5.41, 5.74) is 5.37. The molecule has 3 atom stereocenters. The van der Waals surface area contributed by atoms with E-state index in [-0.39, 0.29) is 25.7 Å². The standard InChI is InChI=1S/C42H83N2O6P/c1-3-5-7-9-11-13-15-17-18-19-20-21-22-24-25-27-29-31-33-35-41(45)40(39-50-51(47,48)49-38-37-43)44-42(46)36-34-32-30-28-26-23-16-14-12-10-8-6-4-2/h25,27,33,35,40-41,45H,3-24,26,28-32,34,36-39,43H2,1-2H3,(H,44,46)(H,47,48)/b27-25+,35-33+. The van der Waals surface area contributed by atoms with Crippen LogP contribution in [0.2, 0.25) is 0 Å². The summed E-state index contributed by atoms with van der Waals surface area (Å²) in [7, 11) is -4.34. The van der Waals surface area contributed by atoms with Crippen molar-refractivity contribution >= 4 is 13.7 Å². The minimum Gasteiger partial charge on any atom is -0.387 e. The predicted octanol–water partition coefficient (Wildman–Crippen LogP) is 11.8. The molecule has 302 valence electrons. The van der Waals surface area contributed by atoms with Gasteiger partial charge in [0.15, 0.2) is 0 Å². The van der Waals surface area contributed by atoms with Crippen LogP contribution in [-0.4, -0.2) is 47.8 Å². The second-order valence-corrected chi connectivity index (χ2v) is 16.0. The van der Waals surface area contributed by atoms with E-state index in [2.05, 4.69) is 31.3 Å². The quantitative estimate of drug-likeness (QED) is 0.0279. The van der Waals surface area contributed by atoms with Gasteiger partial charge in [0.25, 0.3) is 0 Å². The average molecular weight is 743 g/mol. The lowest BCUT2D eigenvalue weighted by Crippen LogP contribution is -2.45.